The number of amides is 1. The number of nitrogens with one attached hydrogen (secondary N) is 1. The largest absolute Gasteiger partial charge is 0.309 e. The van der Waals surface area contributed by atoms with Crippen LogP contribution < -0.4 is 10.9 Å². The molecule has 0 spiro atoms. The minimum atomic E-state index is -0.186. The Balaban J connectivity index is 1.74. The Morgan fingerprint density at radius 3 is 2.87 bits per heavy atom. The Labute approximate surface area is 136 Å². The van der Waals surface area contributed by atoms with E-state index < -0.39 is 0 Å². The number of carbonyl (C=O) groups excluding carboxylic acids is 1. The molecule has 3 rings (SSSR count). The van der Waals surface area contributed by atoms with E-state index in [0.29, 0.717) is 11.2 Å². The molecule has 0 bridgehead atoms. The first kappa shape index (κ1) is 15.4. The van der Waals surface area contributed by atoms with Crippen molar-refractivity contribution in [2.75, 3.05) is 5.32 Å². The molecule has 3 aromatic rings. The molecule has 0 unspecified atom stereocenters. The van der Waals surface area contributed by atoms with Crippen LogP contribution in [0.15, 0.2) is 23.4 Å². The van der Waals surface area contributed by atoms with E-state index in [0.717, 1.165) is 15.3 Å². The number of aromatic nitrogens is 4. The summed E-state index contributed by atoms with van der Waals surface area (Å²) in [6, 6.07) is 1.72. The monoisotopic (exact) mass is 331 g/mol. The standard InChI is InChI=1S/C15H17N5O2S/c1-9-10(2)23-14-13(9)15(22)20(8-16-14)7-5-12(21)17-11-4-6-19(3)18-11/h4,6,8H,5,7H2,1-3H3,(H,17,18,21). The fourth-order valence-corrected chi connectivity index (χ4v) is 3.33. The van der Waals surface area contributed by atoms with Gasteiger partial charge in [0, 0.05) is 37.2 Å². The van der Waals surface area contributed by atoms with Crippen LogP contribution >= 0.6 is 11.3 Å². The maximum absolute atomic E-state index is 12.5. The summed E-state index contributed by atoms with van der Waals surface area (Å²) in [5.41, 5.74) is 0.872. The first-order valence-corrected chi connectivity index (χ1v) is 8.02. The molecule has 1 amide bonds. The van der Waals surface area contributed by atoms with Gasteiger partial charge in [0.1, 0.15) is 4.83 Å². The zero-order chi connectivity index (χ0) is 16.6. The van der Waals surface area contributed by atoms with Crippen molar-refractivity contribution in [3.8, 4) is 0 Å². The van der Waals surface area contributed by atoms with E-state index in [4.69, 9.17) is 0 Å². The molecule has 0 atom stereocenters. The number of carbonyl (C=O) groups is 1. The SMILES string of the molecule is Cc1sc2ncn(CCC(=O)Nc3ccn(C)n3)c(=O)c2c1C. The molecule has 0 aliphatic rings. The summed E-state index contributed by atoms with van der Waals surface area (Å²) in [6.07, 6.45) is 3.44. The van der Waals surface area contributed by atoms with Crippen LogP contribution in [0.4, 0.5) is 5.82 Å². The molecule has 0 radical (unpaired) electrons. The van der Waals surface area contributed by atoms with E-state index in [1.54, 1.807) is 24.0 Å². The zero-order valence-electron chi connectivity index (χ0n) is 13.2. The molecular formula is C15H17N5O2S. The van der Waals surface area contributed by atoms with Gasteiger partial charge in [-0.1, -0.05) is 0 Å². The third-order valence-electron chi connectivity index (χ3n) is 3.72. The smallest absolute Gasteiger partial charge is 0.262 e. The Kier molecular flexibility index (Phi) is 3.99. The van der Waals surface area contributed by atoms with Gasteiger partial charge in [-0.15, -0.1) is 11.3 Å². The van der Waals surface area contributed by atoms with E-state index in [-0.39, 0.29) is 24.4 Å². The third kappa shape index (κ3) is 3.02. The predicted molar refractivity (Wildman–Crippen MR) is 89.8 cm³/mol. The Morgan fingerprint density at radius 1 is 1.39 bits per heavy atom. The highest BCUT2D eigenvalue weighted by molar-refractivity contribution is 7.18. The summed E-state index contributed by atoms with van der Waals surface area (Å²) in [5, 5.41) is 7.44. The maximum atomic E-state index is 12.5. The van der Waals surface area contributed by atoms with Gasteiger partial charge in [-0.25, -0.2) is 4.98 Å². The van der Waals surface area contributed by atoms with Crippen LogP contribution in [-0.2, 0) is 18.4 Å². The van der Waals surface area contributed by atoms with Gasteiger partial charge < -0.3 is 5.32 Å². The van der Waals surface area contributed by atoms with Gasteiger partial charge in [-0.05, 0) is 19.4 Å². The first-order chi connectivity index (χ1) is 11.0. The lowest BCUT2D eigenvalue weighted by Gasteiger charge is -2.05. The molecule has 0 aliphatic carbocycles. The minimum Gasteiger partial charge on any atom is -0.309 e. The average Bonchev–Trinajstić information content (AvgIpc) is 3.03. The van der Waals surface area contributed by atoms with E-state index in [1.807, 2.05) is 13.8 Å². The van der Waals surface area contributed by atoms with Crippen LogP contribution in [0.2, 0.25) is 0 Å². The fraction of sp³-hybridized carbons (Fsp3) is 0.333. The highest BCUT2D eigenvalue weighted by Gasteiger charge is 2.13. The van der Waals surface area contributed by atoms with Gasteiger partial charge in [0.2, 0.25) is 5.91 Å². The Hall–Kier alpha value is -2.48. The highest BCUT2D eigenvalue weighted by atomic mass is 32.1. The van der Waals surface area contributed by atoms with Crippen molar-refractivity contribution in [1.29, 1.82) is 0 Å². The second kappa shape index (κ2) is 5.96. The Morgan fingerprint density at radius 2 is 2.17 bits per heavy atom. The number of hydrogen-bond donors (Lipinski definition) is 1. The molecule has 8 heteroatoms. The van der Waals surface area contributed by atoms with Crippen LogP contribution in [-0.4, -0.2) is 25.2 Å². The predicted octanol–water partition coefficient (Wildman–Crippen LogP) is 1.84. The molecular weight excluding hydrogens is 314 g/mol. The van der Waals surface area contributed by atoms with Gasteiger partial charge >= 0.3 is 0 Å². The van der Waals surface area contributed by atoms with E-state index in [2.05, 4.69) is 15.4 Å². The lowest BCUT2D eigenvalue weighted by Crippen LogP contribution is -2.23. The molecule has 23 heavy (non-hydrogen) atoms. The highest BCUT2D eigenvalue weighted by Crippen LogP contribution is 2.25. The quantitative estimate of drug-likeness (QED) is 0.791. The summed E-state index contributed by atoms with van der Waals surface area (Å²) in [4.78, 5) is 30.6. The van der Waals surface area contributed by atoms with Gasteiger partial charge in [-0.3, -0.25) is 18.8 Å². The molecule has 7 nitrogen and oxygen atoms in total. The number of hydrogen-bond acceptors (Lipinski definition) is 5. The van der Waals surface area contributed by atoms with Crippen molar-refractivity contribution in [2.24, 2.45) is 7.05 Å². The van der Waals surface area contributed by atoms with Crippen LogP contribution in [0.5, 0.6) is 0 Å². The van der Waals surface area contributed by atoms with Gasteiger partial charge in [0.15, 0.2) is 5.82 Å². The number of rotatable bonds is 4. The van der Waals surface area contributed by atoms with Crippen molar-refractivity contribution in [3.05, 3.63) is 39.4 Å². The lowest BCUT2D eigenvalue weighted by molar-refractivity contribution is -0.116. The van der Waals surface area contributed by atoms with Gasteiger partial charge in [0.25, 0.3) is 5.56 Å². The summed E-state index contributed by atoms with van der Waals surface area (Å²) in [6.45, 7) is 4.19. The van der Waals surface area contributed by atoms with Crippen LogP contribution in [0.1, 0.15) is 16.9 Å². The second-order valence-corrected chi connectivity index (χ2v) is 6.58. The van der Waals surface area contributed by atoms with Crippen LogP contribution in [0.25, 0.3) is 10.2 Å². The van der Waals surface area contributed by atoms with Crippen molar-refractivity contribution < 1.29 is 4.79 Å². The second-order valence-electron chi connectivity index (χ2n) is 5.38. The molecule has 0 fully saturated rings. The van der Waals surface area contributed by atoms with Crippen LogP contribution in [0, 0.1) is 13.8 Å². The van der Waals surface area contributed by atoms with Crippen molar-refractivity contribution in [2.45, 2.75) is 26.8 Å². The summed E-state index contributed by atoms with van der Waals surface area (Å²) in [5.74, 6) is 0.316. The molecule has 3 heterocycles. The van der Waals surface area contributed by atoms with Crippen molar-refractivity contribution >= 4 is 33.3 Å². The molecule has 3 aromatic heterocycles. The molecule has 0 saturated heterocycles. The van der Waals surface area contributed by atoms with E-state index >= 15 is 0 Å². The molecule has 120 valence electrons. The van der Waals surface area contributed by atoms with E-state index in [9.17, 15) is 9.59 Å². The number of thiophene rings is 1. The zero-order valence-corrected chi connectivity index (χ0v) is 14.0. The minimum absolute atomic E-state index is 0.0949. The van der Waals surface area contributed by atoms with Gasteiger partial charge in [-0.2, -0.15) is 5.10 Å². The number of nitrogens with zero attached hydrogens (tertiary/aromatic N) is 4. The molecule has 1 N–H and O–H groups in total. The number of fused-ring (bicyclic) bond motifs is 1. The molecule has 0 aromatic carbocycles. The third-order valence-corrected chi connectivity index (χ3v) is 4.83. The normalized spacial score (nSPS) is 11.1. The summed E-state index contributed by atoms with van der Waals surface area (Å²) in [7, 11) is 1.78. The molecule has 0 aliphatic heterocycles. The topological polar surface area (TPSA) is 81.8 Å². The summed E-state index contributed by atoms with van der Waals surface area (Å²) >= 11 is 1.52. The average molecular weight is 331 g/mol. The number of anilines is 1. The first-order valence-electron chi connectivity index (χ1n) is 7.20. The fourth-order valence-electron chi connectivity index (χ4n) is 2.34. The van der Waals surface area contributed by atoms with Crippen molar-refractivity contribution in [1.82, 2.24) is 19.3 Å². The van der Waals surface area contributed by atoms with Gasteiger partial charge in [0.05, 0.1) is 11.7 Å². The summed E-state index contributed by atoms with van der Waals surface area (Å²) < 4.78 is 3.10. The maximum Gasteiger partial charge on any atom is 0.262 e. The van der Waals surface area contributed by atoms with Crippen molar-refractivity contribution in [3.63, 3.8) is 0 Å². The lowest BCUT2D eigenvalue weighted by atomic mass is 10.2. The number of aryl methyl sites for hydroxylation is 4. The Bertz CT molecular complexity index is 937. The molecule has 0 saturated carbocycles. The van der Waals surface area contributed by atoms with Crippen LogP contribution in [0.3, 0.4) is 0 Å². The van der Waals surface area contributed by atoms with E-state index in [1.165, 1.54) is 22.2 Å².